The molecule has 1 atom stereocenters. The van der Waals surface area contributed by atoms with Gasteiger partial charge in [-0.25, -0.2) is 8.42 Å². The average Bonchev–Trinajstić information content (AvgIpc) is 2.63. The minimum Gasteiger partial charge on any atom is -0.747 e. The van der Waals surface area contributed by atoms with Crippen molar-refractivity contribution in [1.29, 1.82) is 0 Å². The quantitative estimate of drug-likeness (QED) is 0.135. The summed E-state index contributed by atoms with van der Waals surface area (Å²) in [6.45, 7) is 4.44. The topological polar surface area (TPSA) is 110 Å². The molecule has 0 aliphatic heterocycles. The van der Waals surface area contributed by atoms with Crippen LogP contribution >= 0.6 is 0 Å². The largest absolute Gasteiger partial charge is 1.00 e. The number of hydrogen-bond acceptors (Lipinski definition) is 7. The van der Waals surface area contributed by atoms with E-state index in [4.69, 9.17) is 9.47 Å². The maximum Gasteiger partial charge on any atom is 1.00 e. The molecule has 0 fully saturated rings. The number of rotatable bonds is 18. The summed E-state index contributed by atoms with van der Waals surface area (Å²) in [5.74, 6) is -2.03. The van der Waals surface area contributed by atoms with E-state index in [9.17, 15) is 22.6 Å². The number of carbonyl (C=O) groups is 2. The molecule has 0 aromatic rings. The Balaban J connectivity index is 0. The molecule has 0 N–H and O–H groups in total. The summed E-state index contributed by atoms with van der Waals surface area (Å²) in [6, 6.07) is 0. The fourth-order valence-electron chi connectivity index (χ4n) is 2.73. The summed E-state index contributed by atoms with van der Waals surface area (Å²) in [5, 5.41) is -2.04. The molecule has 0 bridgehead atoms. The second kappa shape index (κ2) is 19.8. The summed E-state index contributed by atoms with van der Waals surface area (Å²) in [7, 11) is -4.98. The van der Waals surface area contributed by atoms with Crippen LogP contribution in [0.1, 0.15) is 97.3 Å². The molecule has 29 heavy (non-hydrogen) atoms. The molecule has 0 aromatic heterocycles. The molecular weight excluding hydrogens is 407 g/mol. The minimum absolute atomic E-state index is 0. The summed E-state index contributed by atoms with van der Waals surface area (Å²) in [6.07, 6.45) is 11.2. The van der Waals surface area contributed by atoms with Gasteiger partial charge in [0.15, 0.2) is 5.25 Å². The van der Waals surface area contributed by atoms with Crippen LogP contribution in [0.4, 0.5) is 0 Å². The summed E-state index contributed by atoms with van der Waals surface area (Å²) in [5.41, 5.74) is 0. The van der Waals surface area contributed by atoms with Gasteiger partial charge in [0.2, 0.25) is 0 Å². The molecule has 0 aliphatic rings. The van der Waals surface area contributed by atoms with Crippen molar-refractivity contribution in [3.05, 3.63) is 0 Å². The molecule has 166 valence electrons. The van der Waals surface area contributed by atoms with Crippen molar-refractivity contribution >= 4 is 22.1 Å². The fourth-order valence-corrected chi connectivity index (χ4v) is 3.37. The van der Waals surface area contributed by atoms with E-state index >= 15 is 0 Å². The van der Waals surface area contributed by atoms with Gasteiger partial charge in [0.25, 0.3) is 0 Å². The molecule has 0 rings (SSSR count). The first-order valence-electron chi connectivity index (χ1n) is 10.6. The van der Waals surface area contributed by atoms with E-state index in [-0.39, 0.29) is 42.8 Å². The number of unbranched alkanes of at least 4 members (excludes halogenated alkanes) is 10. The van der Waals surface area contributed by atoms with Crippen LogP contribution in [0.3, 0.4) is 0 Å². The van der Waals surface area contributed by atoms with E-state index < -0.39 is 33.7 Å². The Morgan fingerprint density at radius 3 is 1.62 bits per heavy atom. The predicted octanol–water partition coefficient (Wildman–Crippen LogP) is 1.10. The Bertz CT molecular complexity index is 523. The maximum absolute atomic E-state index is 11.9. The van der Waals surface area contributed by atoms with Crippen LogP contribution in [-0.2, 0) is 29.2 Å². The van der Waals surface area contributed by atoms with Gasteiger partial charge in [-0.05, 0) is 12.8 Å². The van der Waals surface area contributed by atoms with Crippen molar-refractivity contribution < 1.29 is 61.6 Å². The van der Waals surface area contributed by atoms with Crippen molar-refractivity contribution in [2.45, 2.75) is 103 Å². The zero-order valence-electron chi connectivity index (χ0n) is 18.4. The van der Waals surface area contributed by atoms with E-state index in [2.05, 4.69) is 13.8 Å². The van der Waals surface area contributed by atoms with E-state index in [1.165, 1.54) is 6.42 Å². The Labute approximate surface area is 198 Å². The van der Waals surface area contributed by atoms with Gasteiger partial charge in [-0.15, -0.1) is 0 Å². The number of hydrogen-bond donors (Lipinski definition) is 0. The molecule has 0 aliphatic carbocycles. The van der Waals surface area contributed by atoms with Gasteiger partial charge < -0.3 is 14.0 Å². The second-order valence-corrected chi connectivity index (χ2v) is 8.66. The van der Waals surface area contributed by atoms with Gasteiger partial charge in [0, 0.05) is 0 Å². The van der Waals surface area contributed by atoms with E-state index in [0.717, 1.165) is 57.8 Å². The Kier molecular flexibility index (Phi) is 21.2. The van der Waals surface area contributed by atoms with Crippen molar-refractivity contribution in [3.8, 4) is 0 Å². The van der Waals surface area contributed by atoms with Gasteiger partial charge in [-0.3, -0.25) is 9.59 Å². The average molecular weight is 445 g/mol. The molecule has 0 aromatic carbocycles. The van der Waals surface area contributed by atoms with Crippen LogP contribution in [0.25, 0.3) is 0 Å². The zero-order chi connectivity index (χ0) is 21.3. The Morgan fingerprint density at radius 2 is 1.17 bits per heavy atom. The third-order valence-electron chi connectivity index (χ3n) is 4.47. The maximum atomic E-state index is 11.9. The second-order valence-electron chi connectivity index (χ2n) is 7.11. The first-order chi connectivity index (χ1) is 13.3. The van der Waals surface area contributed by atoms with Crippen molar-refractivity contribution in [2.75, 3.05) is 13.2 Å². The van der Waals surface area contributed by atoms with Gasteiger partial charge in [0.1, 0.15) is 10.1 Å². The summed E-state index contributed by atoms with van der Waals surface area (Å²) < 4.78 is 43.8. The molecule has 0 amide bonds. The van der Waals surface area contributed by atoms with Crippen molar-refractivity contribution in [1.82, 2.24) is 0 Å². The number of ether oxygens (including phenoxy) is 2. The Morgan fingerprint density at radius 1 is 0.759 bits per heavy atom. The van der Waals surface area contributed by atoms with Crippen molar-refractivity contribution in [2.24, 2.45) is 0 Å². The van der Waals surface area contributed by atoms with Gasteiger partial charge >= 0.3 is 41.5 Å². The standard InChI is InChI=1S/C20H38O7S.Na/c1-3-5-7-9-11-13-15-26-19(21)17-18(28(23,24)25)20(22)27-16-14-12-10-8-6-4-2;/h18H,3-17H2,1-2H3,(H,23,24,25);/q;+1/p-1/t18-;/m0./s1. The summed E-state index contributed by atoms with van der Waals surface area (Å²) in [4.78, 5) is 23.7. The number of carbonyl (C=O) groups excluding carboxylic acids is 2. The first kappa shape index (κ1) is 31.0. The van der Waals surface area contributed by atoms with Gasteiger partial charge in [0.05, 0.1) is 19.6 Å². The third-order valence-corrected chi connectivity index (χ3v) is 5.52. The van der Waals surface area contributed by atoms with Crippen LogP contribution in [0, 0.1) is 0 Å². The normalized spacial score (nSPS) is 12.1. The fraction of sp³-hybridized carbons (Fsp3) is 0.900. The van der Waals surface area contributed by atoms with E-state index in [0.29, 0.717) is 12.8 Å². The smallest absolute Gasteiger partial charge is 0.747 e. The van der Waals surface area contributed by atoms with Crippen LogP contribution in [0.2, 0.25) is 0 Å². The molecule has 0 radical (unpaired) electrons. The first-order valence-corrected chi connectivity index (χ1v) is 12.1. The number of esters is 2. The molecule has 0 heterocycles. The Hall–Kier alpha value is -0.150. The molecule has 0 unspecified atom stereocenters. The van der Waals surface area contributed by atoms with Crippen LogP contribution < -0.4 is 29.6 Å². The van der Waals surface area contributed by atoms with Crippen LogP contribution in [0.5, 0.6) is 0 Å². The van der Waals surface area contributed by atoms with E-state index in [1.54, 1.807) is 0 Å². The van der Waals surface area contributed by atoms with Crippen molar-refractivity contribution in [3.63, 3.8) is 0 Å². The third kappa shape index (κ3) is 18.3. The molecule has 0 spiro atoms. The molecule has 0 saturated heterocycles. The summed E-state index contributed by atoms with van der Waals surface area (Å²) >= 11 is 0. The molecule has 0 saturated carbocycles. The molecular formula is C20H37NaO7S. The minimum atomic E-state index is -4.98. The van der Waals surface area contributed by atoms with Crippen LogP contribution in [-0.4, -0.2) is 43.4 Å². The predicted molar refractivity (Wildman–Crippen MR) is 107 cm³/mol. The molecule has 7 nitrogen and oxygen atoms in total. The SMILES string of the molecule is CCCCCCCCOC(=O)C[C@@H](C(=O)OCCCCCCCC)S(=O)(=O)[O-].[Na+]. The van der Waals surface area contributed by atoms with Gasteiger partial charge in [-0.2, -0.15) is 0 Å². The van der Waals surface area contributed by atoms with Gasteiger partial charge in [-0.1, -0.05) is 78.1 Å². The zero-order valence-corrected chi connectivity index (χ0v) is 21.3. The van der Waals surface area contributed by atoms with Crippen LogP contribution in [0.15, 0.2) is 0 Å². The molecule has 9 heteroatoms. The van der Waals surface area contributed by atoms with E-state index in [1.807, 2.05) is 0 Å². The monoisotopic (exact) mass is 444 g/mol.